The van der Waals surface area contributed by atoms with Crippen molar-refractivity contribution in [3.8, 4) is 5.75 Å². The molecule has 190 valence electrons. The first-order valence-electron chi connectivity index (χ1n) is 12.9. The third-order valence-corrected chi connectivity index (χ3v) is 7.69. The number of allylic oxidation sites excluding steroid dienone is 2. The molecule has 0 unspecified atom stereocenters. The summed E-state index contributed by atoms with van der Waals surface area (Å²) in [6, 6.07) is 27.3. The Balaban J connectivity index is 1.12. The third kappa shape index (κ3) is 5.09. The number of hydrogen-bond donors (Lipinski definition) is 1. The molecular weight excluding hydrogens is 495 g/mol. The van der Waals surface area contributed by atoms with Gasteiger partial charge in [0.25, 0.3) is 0 Å². The lowest BCUT2D eigenvalue weighted by Crippen LogP contribution is -2.29. The van der Waals surface area contributed by atoms with Crippen LogP contribution in [-0.2, 0) is 6.61 Å². The molecule has 0 spiro atoms. The maximum atomic E-state index is 13.1. The first-order chi connectivity index (χ1) is 18.5. The van der Waals surface area contributed by atoms with Crippen LogP contribution in [0.4, 0.5) is 15.8 Å². The number of aryl methyl sites for hydroxylation is 1. The Morgan fingerprint density at radius 3 is 2.61 bits per heavy atom. The second-order valence-electron chi connectivity index (χ2n) is 10.0. The van der Waals surface area contributed by atoms with E-state index >= 15 is 0 Å². The van der Waals surface area contributed by atoms with Crippen LogP contribution in [0.15, 0.2) is 102 Å². The SMILES string of the molecule is Cc1ccc2c(c1)[C@@H]1C=CC[C@@H]1[C@H](c1ccc(N=Cc3ccc(OCc4ccc(F)cc4)c(Cl)c3)cc1)N2. The standard InChI is InChI=1S/C33H28ClFN2O/c1-21-5-15-31-29(17-21)27-3-2-4-28(27)33(37-31)24-9-13-26(14-10-24)36-19-23-8-16-32(30(34)18-23)38-20-22-6-11-25(35)12-7-22/h2-3,5-19,27-28,33,37H,4,20H2,1H3/t27-,28+,33+/m1/s1. The maximum Gasteiger partial charge on any atom is 0.138 e. The van der Waals surface area contributed by atoms with E-state index in [4.69, 9.17) is 16.3 Å². The summed E-state index contributed by atoms with van der Waals surface area (Å²) < 4.78 is 18.9. The number of hydrogen-bond acceptors (Lipinski definition) is 3. The summed E-state index contributed by atoms with van der Waals surface area (Å²) in [7, 11) is 0. The number of benzene rings is 4. The molecule has 3 atom stereocenters. The van der Waals surface area contributed by atoms with Crippen LogP contribution in [0.1, 0.15) is 46.2 Å². The predicted octanol–water partition coefficient (Wildman–Crippen LogP) is 8.94. The molecule has 0 bridgehead atoms. The van der Waals surface area contributed by atoms with Crippen molar-refractivity contribution in [2.24, 2.45) is 10.9 Å². The molecule has 3 nitrogen and oxygen atoms in total. The van der Waals surface area contributed by atoms with Gasteiger partial charge in [0.05, 0.1) is 16.8 Å². The van der Waals surface area contributed by atoms with Crippen LogP contribution in [0.5, 0.6) is 5.75 Å². The van der Waals surface area contributed by atoms with E-state index in [0.29, 0.717) is 29.2 Å². The Morgan fingerprint density at radius 1 is 1.00 bits per heavy atom. The molecule has 1 N–H and O–H groups in total. The molecule has 0 aromatic heterocycles. The zero-order chi connectivity index (χ0) is 26.1. The van der Waals surface area contributed by atoms with Crippen LogP contribution in [0.3, 0.4) is 0 Å². The quantitative estimate of drug-likeness (QED) is 0.202. The lowest BCUT2D eigenvalue weighted by atomic mass is 9.76. The number of anilines is 1. The predicted molar refractivity (Wildman–Crippen MR) is 153 cm³/mol. The summed E-state index contributed by atoms with van der Waals surface area (Å²) >= 11 is 6.44. The van der Waals surface area contributed by atoms with Gasteiger partial charge in [0, 0.05) is 17.8 Å². The molecule has 5 heteroatoms. The summed E-state index contributed by atoms with van der Waals surface area (Å²) in [4.78, 5) is 4.65. The van der Waals surface area contributed by atoms with Gasteiger partial charge in [-0.25, -0.2) is 4.39 Å². The molecule has 1 aliphatic heterocycles. The largest absolute Gasteiger partial charge is 0.487 e. The minimum absolute atomic E-state index is 0.267. The van der Waals surface area contributed by atoms with Crippen molar-refractivity contribution in [3.05, 3.63) is 136 Å². The first kappa shape index (κ1) is 24.4. The Morgan fingerprint density at radius 2 is 1.82 bits per heavy atom. The summed E-state index contributed by atoms with van der Waals surface area (Å²) in [5.74, 6) is 1.29. The molecule has 0 radical (unpaired) electrons. The van der Waals surface area contributed by atoms with Crippen molar-refractivity contribution in [1.82, 2.24) is 0 Å². The molecular formula is C33H28ClFN2O. The molecule has 0 saturated carbocycles. The third-order valence-electron chi connectivity index (χ3n) is 7.40. The monoisotopic (exact) mass is 522 g/mol. The average Bonchev–Trinajstić information content (AvgIpc) is 3.43. The molecule has 1 heterocycles. The zero-order valence-corrected chi connectivity index (χ0v) is 21.8. The lowest BCUT2D eigenvalue weighted by molar-refractivity contribution is 0.306. The number of nitrogens with zero attached hydrogens (tertiary/aromatic N) is 1. The van der Waals surface area contributed by atoms with Crippen molar-refractivity contribution in [2.75, 3.05) is 5.32 Å². The van der Waals surface area contributed by atoms with E-state index in [1.807, 2.05) is 18.2 Å². The second-order valence-corrected chi connectivity index (χ2v) is 10.4. The van der Waals surface area contributed by atoms with E-state index in [1.165, 1.54) is 34.5 Å². The smallest absolute Gasteiger partial charge is 0.138 e. The summed E-state index contributed by atoms with van der Waals surface area (Å²) in [5.41, 5.74) is 7.87. The van der Waals surface area contributed by atoms with Crippen LogP contribution in [0.2, 0.25) is 5.02 Å². The fraction of sp³-hybridized carbons (Fsp3) is 0.182. The van der Waals surface area contributed by atoms with E-state index in [9.17, 15) is 4.39 Å². The maximum absolute atomic E-state index is 13.1. The number of ether oxygens (including phenoxy) is 1. The molecule has 4 aromatic carbocycles. The van der Waals surface area contributed by atoms with Crippen molar-refractivity contribution in [3.63, 3.8) is 0 Å². The van der Waals surface area contributed by atoms with Crippen molar-refractivity contribution in [1.29, 1.82) is 0 Å². The highest BCUT2D eigenvalue weighted by Gasteiger charge is 2.37. The van der Waals surface area contributed by atoms with E-state index in [2.05, 4.69) is 71.8 Å². The van der Waals surface area contributed by atoms with Crippen LogP contribution in [0.25, 0.3) is 0 Å². The van der Waals surface area contributed by atoms with Crippen molar-refractivity contribution in [2.45, 2.75) is 31.9 Å². The first-order valence-corrected chi connectivity index (χ1v) is 13.3. The Kier molecular flexibility index (Phi) is 6.73. The zero-order valence-electron chi connectivity index (χ0n) is 21.1. The highest BCUT2D eigenvalue weighted by Crippen LogP contribution is 2.50. The molecule has 4 aromatic rings. The van der Waals surface area contributed by atoms with Gasteiger partial charge in [-0.3, -0.25) is 4.99 Å². The highest BCUT2D eigenvalue weighted by atomic mass is 35.5. The number of nitrogens with one attached hydrogen (secondary N) is 1. The van der Waals surface area contributed by atoms with E-state index in [1.54, 1.807) is 18.3 Å². The van der Waals surface area contributed by atoms with Gasteiger partial charge >= 0.3 is 0 Å². The van der Waals surface area contributed by atoms with Gasteiger partial charge in [-0.05, 0) is 90.0 Å². The molecule has 0 fully saturated rings. The van der Waals surface area contributed by atoms with Gasteiger partial charge in [0.1, 0.15) is 18.2 Å². The second kappa shape index (κ2) is 10.5. The van der Waals surface area contributed by atoms with Gasteiger partial charge in [0.15, 0.2) is 0 Å². The molecule has 0 amide bonds. The van der Waals surface area contributed by atoms with E-state index < -0.39 is 0 Å². The molecule has 6 rings (SSSR count). The Bertz CT molecular complexity index is 1510. The number of fused-ring (bicyclic) bond motifs is 3. The normalized spacial score (nSPS) is 19.7. The minimum Gasteiger partial charge on any atom is -0.487 e. The number of aliphatic imine (C=N–C) groups is 1. The summed E-state index contributed by atoms with van der Waals surface area (Å²) in [6.45, 7) is 2.48. The van der Waals surface area contributed by atoms with Gasteiger partial charge in [-0.1, -0.05) is 65.7 Å². The van der Waals surface area contributed by atoms with Gasteiger partial charge in [-0.2, -0.15) is 0 Å². The van der Waals surface area contributed by atoms with Crippen LogP contribution >= 0.6 is 11.6 Å². The Hall–Kier alpha value is -3.89. The van der Waals surface area contributed by atoms with Crippen LogP contribution in [-0.4, -0.2) is 6.21 Å². The average molecular weight is 523 g/mol. The van der Waals surface area contributed by atoms with Gasteiger partial charge in [0.2, 0.25) is 0 Å². The van der Waals surface area contributed by atoms with Crippen LogP contribution in [0, 0.1) is 18.7 Å². The van der Waals surface area contributed by atoms with E-state index in [0.717, 1.165) is 23.2 Å². The Labute approximate surface area is 227 Å². The molecule has 0 saturated heterocycles. The fourth-order valence-electron chi connectivity index (χ4n) is 5.42. The van der Waals surface area contributed by atoms with Crippen molar-refractivity contribution < 1.29 is 9.13 Å². The van der Waals surface area contributed by atoms with E-state index in [-0.39, 0.29) is 11.9 Å². The van der Waals surface area contributed by atoms with Gasteiger partial charge < -0.3 is 10.1 Å². The molecule has 38 heavy (non-hydrogen) atoms. The fourth-order valence-corrected chi connectivity index (χ4v) is 5.66. The lowest BCUT2D eigenvalue weighted by Gasteiger charge is -2.37. The number of rotatable bonds is 6. The van der Waals surface area contributed by atoms with Gasteiger partial charge in [-0.15, -0.1) is 0 Å². The minimum atomic E-state index is -0.267. The van der Waals surface area contributed by atoms with Crippen molar-refractivity contribution >= 4 is 29.2 Å². The highest BCUT2D eigenvalue weighted by molar-refractivity contribution is 6.32. The molecule has 1 aliphatic carbocycles. The molecule has 2 aliphatic rings. The van der Waals surface area contributed by atoms with Crippen LogP contribution < -0.4 is 10.1 Å². The summed E-state index contributed by atoms with van der Waals surface area (Å²) in [5, 5.41) is 4.31. The topological polar surface area (TPSA) is 33.6 Å². The number of halogens is 2. The summed E-state index contributed by atoms with van der Waals surface area (Å²) in [6.07, 6.45) is 7.59.